The van der Waals surface area contributed by atoms with Gasteiger partial charge in [-0.3, -0.25) is 9.59 Å². The minimum atomic E-state index is -0.205. The van der Waals surface area contributed by atoms with E-state index in [-0.39, 0.29) is 36.2 Å². The van der Waals surface area contributed by atoms with Crippen LogP contribution in [0.1, 0.15) is 24.0 Å². The van der Waals surface area contributed by atoms with Crippen LogP contribution >= 0.6 is 12.4 Å². The molecule has 5 nitrogen and oxygen atoms in total. The molecule has 3 rings (SSSR count). The number of rotatable bonds is 3. The Morgan fingerprint density at radius 1 is 1.26 bits per heavy atom. The standard InChI is InChI=1S/C17H23N3O2.ClH/c1-12-2-4-13(5-3-12)9-20-10-14(8-16(20)21)17(22)19-7-6-15(18)11-19;/h2-5,14-15H,6-11,18H2,1H3;1H/t14?,15-;/m1./s1. The Balaban J connectivity index is 0.00000192. The molecule has 2 aliphatic heterocycles. The summed E-state index contributed by atoms with van der Waals surface area (Å²) in [4.78, 5) is 28.3. The lowest BCUT2D eigenvalue weighted by atomic mass is 10.1. The Labute approximate surface area is 143 Å². The molecule has 2 heterocycles. The molecule has 0 bridgehead atoms. The molecule has 0 spiro atoms. The smallest absolute Gasteiger partial charge is 0.228 e. The molecule has 2 amide bonds. The van der Waals surface area contributed by atoms with Crippen molar-refractivity contribution in [2.45, 2.75) is 32.4 Å². The molecule has 0 saturated carbocycles. The van der Waals surface area contributed by atoms with Crippen LogP contribution in [0.4, 0.5) is 0 Å². The molecule has 6 heteroatoms. The molecule has 1 aromatic rings. The van der Waals surface area contributed by atoms with Gasteiger partial charge in [0.05, 0.1) is 5.92 Å². The van der Waals surface area contributed by atoms with E-state index >= 15 is 0 Å². The lowest BCUT2D eigenvalue weighted by molar-refractivity contribution is -0.134. The lowest BCUT2D eigenvalue weighted by Gasteiger charge is -2.21. The number of halogens is 1. The van der Waals surface area contributed by atoms with Gasteiger partial charge in [-0.15, -0.1) is 12.4 Å². The van der Waals surface area contributed by atoms with Crippen molar-refractivity contribution < 1.29 is 9.59 Å². The molecule has 2 aliphatic rings. The van der Waals surface area contributed by atoms with Crippen molar-refractivity contribution in [2.24, 2.45) is 11.7 Å². The van der Waals surface area contributed by atoms with E-state index in [0.717, 1.165) is 18.5 Å². The zero-order valence-electron chi connectivity index (χ0n) is 13.4. The molecule has 126 valence electrons. The molecule has 0 radical (unpaired) electrons. The van der Waals surface area contributed by atoms with Gasteiger partial charge in [-0.05, 0) is 18.9 Å². The number of nitrogens with two attached hydrogens (primary N) is 1. The van der Waals surface area contributed by atoms with Crippen LogP contribution in [0.5, 0.6) is 0 Å². The zero-order chi connectivity index (χ0) is 15.7. The Morgan fingerprint density at radius 2 is 1.96 bits per heavy atom. The Kier molecular flexibility index (Phi) is 5.65. The van der Waals surface area contributed by atoms with Crippen LogP contribution in [-0.2, 0) is 16.1 Å². The molecule has 0 aromatic heterocycles. The molecule has 1 unspecified atom stereocenters. The van der Waals surface area contributed by atoms with E-state index in [0.29, 0.717) is 26.1 Å². The fraction of sp³-hybridized carbons (Fsp3) is 0.529. The monoisotopic (exact) mass is 337 g/mol. The summed E-state index contributed by atoms with van der Waals surface area (Å²) in [6, 6.07) is 8.26. The van der Waals surface area contributed by atoms with Crippen molar-refractivity contribution in [2.75, 3.05) is 19.6 Å². The van der Waals surface area contributed by atoms with Gasteiger partial charge in [0.15, 0.2) is 0 Å². The summed E-state index contributed by atoms with van der Waals surface area (Å²) in [7, 11) is 0. The average molecular weight is 338 g/mol. The first-order valence-corrected chi connectivity index (χ1v) is 7.90. The summed E-state index contributed by atoms with van der Waals surface area (Å²) in [6.07, 6.45) is 1.19. The first-order chi connectivity index (χ1) is 10.5. The maximum absolute atomic E-state index is 12.5. The zero-order valence-corrected chi connectivity index (χ0v) is 14.2. The molecular formula is C17H24ClN3O2. The van der Waals surface area contributed by atoms with Crippen molar-refractivity contribution in [3.05, 3.63) is 35.4 Å². The summed E-state index contributed by atoms with van der Waals surface area (Å²) in [5, 5.41) is 0. The molecule has 1 aromatic carbocycles. The van der Waals surface area contributed by atoms with Crippen LogP contribution in [0, 0.1) is 12.8 Å². The third kappa shape index (κ3) is 4.03. The number of carbonyl (C=O) groups excluding carboxylic acids is 2. The molecule has 2 N–H and O–H groups in total. The minimum absolute atomic E-state index is 0. The molecule has 2 saturated heterocycles. The molecule has 23 heavy (non-hydrogen) atoms. The molecule has 2 atom stereocenters. The van der Waals surface area contributed by atoms with Crippen LogP contribution in [0.25, 0.3) is 0 Å². The van der Waals surface area contributed by atoms with E-state index in [1.54, 1.807) is 4.90 Å². The summed E-state index contributed by atoms with van der Waals surface area (Å²) in [5.74, 6) is -0.0432. The number of aryl methyl sites for hydroxylation is 1. The van der Waals surface area contributed by atoms with Crippen LogP contribution in [-0.4, -0.2) is 47.3 Å². The second-order valence-electron chi connectivity index (χ2n) is 6.49. The summed E-state index contributed by atoms with van der Waals surface area (Å²) < 4.78 is 0. The highest BCUT2D eigenvalue weighted by Crippen LogP contribution is 2.23. The number of amides is 2. The third-order valence-electron chi connectivity index (χ3n) is 4.59. The molecule has 2 fully saturated rings. The predicted octanol–water partition coefficient (Wildman–Crippen LogP) is 1.32. The number of carbonyl (C=O) groups is 2. The Morgan fingerprint density at radius 3 is 2.57 bits per heavy atom. The summed E-state index contributed by atoms with van der Waals surface area (Å²) >= 11 is 0. The van der Waals surface area contributed by atoms with Crippen LogP contribution in [0.2, 0.25) is 0 Å². The summed E-state index contributed by atoms with van der Waals surface area (Å²) in [6.45, 7) is 4.50. The van der Waals surface area contributed by atoms with Gasteiger partial charge in [-0.25, -0.2) is 0 Å². The number of nitrogens with zero attached hydrogens (tertiary/aromatic N) is 2. The van der Waals surface area contributed by atoms with Gasteiger partial charge in [-0.1, -0.05) is 29.8 Å². The second-order valence-corrected chi connectivity index (χ2v) is 6.49. The Bertz CT molecular complexity index is 576. The normalized spacial score (nSPS) is 24.0. The van der Waals surface area contributed by atoms with Gasteiger partial charge in [0.1, 0.15) is 0 Å². The topological polar surface area (TPSA) is 66.6 Å². The van der Waals surface area contributed by atoms with E-state index in [9.17, 15) is 9.59 Å². The van der Waals surface area contributed by atoms with Gasteiger partial charge in [-0.2, -0.15) is 0 Å². The maximum atomic E-state index is 12.5. The predicted molar refractivity (Wildman–Crippen MR) is 91.1 cm³/mol. The van der Waals surface area contributed by atoms with Gasteiger partial charge >= 0.3 is 0 Å². The van der Waals surface area contributed by atoms with Crippen LogP contribution in [0.3, 0.4) is 0 Å². The summed E-state index contributed by atoms with van der Waals surface area (Å²) in [5.41, 5.74) is 8.17. The number of hydrogen-bond acceptors (Lipinski definition) is 3. The van der Waals surface area contributed by atoms with Crippen molar-refractivity contribution in [3.8, 4) is 0 Å². The van der Waals surface area contributed by atoms with E-state index in [4.69, 9.17) is 5.73 Å². The highest BCUT2D eigenvalue weighted by molar-refractivity contribution is 5.89. The van der Waals surface area contributed by atoms with E-state index in [1.807, 2.05) is 36.1 Å². The first-order valence-electron chi connectivity index (χ1n) is 7.90. The average Bonchev–Trinajstić information content (AvgIpc) is 3.08. The van der Waals surface area contributed by atoms with Crippen molar-refractivity contribution in [1.29, 1.82) is 0 Å². The Hall–Kier alpha value is -1.59. The largest absolute Gasteiger partial charge is 0.341 e. The van der Waals surface area contributed by atoms with Crippen LogP contribution in [0.15, 0.2) is 24.3 Å². The van der Waals surface area contributed by atoms with Gasteiger partial charge in [0.25, 0.3) is 0 Å². The quantitative estimate of drug-likeness (QED) is 0.904. The van der Waals surface area contributed by atoms with E-state index in [2.05, 4.69) is 0 Å². The lowest BCUT2D eigenvalue weighted by Crippen LogP contribution is -2.37. The SMILES string of the molecule is Cc1ccc(CN2CC(C(=O)N3CC[C@@H](N)C3)CC2=O)cc1.Cl. The van der Waals surface area contributed by atoms with E-state index < -0.39 is 0 Å². The molecule has 0 aliphatic carbocycles. The molecular weight excluding hydrogens is 314 g/mol. The van der Waals surface area contributed by atoms with Gasteiger partial charge < -0.3 is 15.5 Å². The van der Waals surface area contributed by atoms with Crippen molar-refractivity contribution in [3.63, 3.8) is 0 Å². The first kappa shape index (κ1) is 17.8. The highest BCUT2D eigenvalue weighted by Gasteiger charge is 2.37. The van der Waals surface area contributed by atoms with E-state index in [1.165, 1.54) is 5.56 Å². The number of likely N-dealkylation sites (tertiary alicyclic amines) is 2. The van der Waals surface area contributed by atoms with Gasteiger partial charge in [0, 0.05) is 38.6 Å². The maximum Gasteiger partial charge on any atom is 0.228 e. The van der Waals surface area contributed by atoms with Crippen LogP contribution < -0.4 is 5.73 Å². The van der Waals surface area contributed by atoms with Gasteiger partial charge in [0.2, 0.25) is 11.8 Å². The fourth-order valence-corrected chi connectivity index (χ4v) is 3.25. The number of benzene rings is 1. The van der Waals surface area contributed by atoms with Crippen molar-refractivity contribution >= 4 is 24.2 Å². The van der Waals surface area contributed by atoms with Crippen molar-refractivity contribution in [1.82, 2.24) is 9.80 Å². The number of hydrogen-bond donors (Lipinski definition) is 1. The minimum Gasteiger partial charge on any atom is -0.341 e. The second kappa shape index (κ2) is 7.32. The fourth-order valence-electron chi connectivity index (χ4n) is 3.25. The highest BCUT2D eigenvalue weighted by atomic mass is 35.5. The third-order valence-corrected chi connectivity index (χ3v) is 4.59.